The number of amides is 1. The molecule has 0 bridgehead atoms. The summed E-state index contributed by atoms with van der Waals surface area (Å²) in [6, 6.07) is 22.5. The second-order valence-electron chi connectivity index (χ2n) is 8.53. The van der Waals surface area contributed by atoms with E-state index in [4.69, 9.17) is 19.0 Å². The van der Waals surface area contributed by atoms with Crippen molar-refractivity contribution in [3.05, 3.63) is 90.8 Å². The lowest BCUT2D eigenvalue weighted by molar-refractivity contribution is -0.120. The van der Waals surface area contributed by atoms with Crippen LogP contribution >= 0.6 is 0 Å². The molecule has 3 aromatic carbocycles. The molecule has 11 nitrogen and oxygen atoms in total. The van der Waals surface area contributed by atoms with Crippen LogP contribution in [-0.2, 0) is 11.4 Å². The molecule has 40 heavy (non-hydrogen) atoms. The van der Waals surface area contributed by atoms with Gasteiger partial charge in [-0.3, -0.25) is 9.78 Å². The van der Waals surface area contributed by atoms with Crippen molar-refractivity contribution in [3.63, 3.8) is 0 Å². The van der Waals surface area contributed by atoms with Crippen LogP contribution < -0.4 is 29.6 Å². The molecule has 0 aliphatic rings. The minimum Gasteiger partial charge on any atom is -0.493 e. The molecular formula is C29H26N6O5. The van der Waals surface area contributed by atoms with E-state index in [0.29, 0.717) is 40.5 Å². The number of carbonyl (C=O) groups is 1. The van der Waals surface area contributed by atoms with E-state index < -0.39 is 5.91 Å². The maximum Gasteiger partial charge on any atom is 0.301 e. The van der Waals surface area contributed by atoms with Crippen molar-refractivity contribution in [3.8, 4) is 34.3 Å². The van der Waals surface area contributed by atoms with Gasteiger partial charge in [-0.05, 0) is 35.9 Å². The number of methoxy groups -OCH3 is 2. The number of ether oxygens (including phenoxy) is 3. The highest BCUT2D eigenvalue weighted by Gasteiger charge is 2.18. The summed E-state index contributed by atoms with van der Waals surface area (Å²) in [4.78, 5) is 26.7. The number of benzene rings is 3. The van der Waals surface area contributed by atoms with Crippen molar-refractivity contribution in [2.75, 3.05) is 19.4 Å². The van der Waals surface area contributed by atoms with E-state index in [2.05, 4.69) is 25.6 Å². The number of aromatic nitrogens is 4. The Morgan fingerprint density at radius 1 is 0.875 bits per heavy atom. The molecular weight excluding hydrogens is 512 g/mol. The van der Waals surface area contributed by atoms with Crippen molar-refractivity contribution < 1.29 is 23.8 Å². The molecule has 5 aromatic rings. The van der Waals surface area contributed by atoms with Crippen LogP contribution in [0.5, 0.6) is 23.0 Å². The fourth-order valence-corrected chi connectivity index (χ4v) is 3.84. The minimum atomic E-state index is -0.392. The van der Waals surface area contributed by atoms with Crippen molar-refractivity contribution in [2.24, 2.45) is 0 Å². The van der Waals surface area contributed by atoms with Gasteiger partial charge < -0.3 is 19.0 Å². The summed E-state index contributed by atoms with van der Waals surface area (Å²) in [7, 11) is 3.08. The fraction of sp³-hybridized carbons (Fsp3) is 0.138. The molecule has 1 amide bonds. The Balaban J connectivity index is 1.34. The summed E-state index contributed by atoms with van der Waals surface area (Å²) in [5.41, 5.74) is 5.59. The van der Waals surface area contributed by atoms with Gasteiger partial charge in [0.2, 0.25) is 5.91 Å². The predicted molar refractivity (Wildman–Crippen MR) is 148 cm³/mol. The predicted octanol–water partition coefficient (Wildman–Crippen LogP) is 4.53. The van der Waals surface area contributed by atoms with Crippen LogP contribution in [0.15, 0.2) is 85.2 Å². The van der Waals surface area contributed by atoms with Crippen molar-refractivity contribution in [2.45, 2.75) is 13.5 Å². The largest absolute Gasteiger partial charge is 0.493 e. The lowest BCUT2D eigenvalue weighted by Crippen LogP contribution is -2.45. The van der Waals surface area contributed by atoms with Crippen LogP contribution in [0.3, 0.4) is 0 Å². The second-order valence-corrected chi connectivity index (χ2v) is 8.53. The Kier molecular flexibility index (Phi) is 7.82. The maximum atomic E-state index is 12.0. The van der Waals surface area contributed by atoms with Crippen molar-refractivity contribution >= 4 is 22.8 Å². The van der Waals surface area contributed by atoms with Crippen LogP contribution in [-0.4, -0.2) is 40.3 Å². The number of hydrogen-bond acceptors (Lipinski definition) is 10. The monoisotopic (exact) mass is 538 g/mol. The average molecular weight is 539 g/mol. The van der Waals surface area contributed by atoms with E-state index in [1.54, 1.807) is 37.7 Å². The third kappa shape index (κ3) is 5.99. The molecule has 0 spiro atoms. The summed E-state index contributed by atoms with van der Waals surface area (Å²) in [5, 5.41) is 10.1. The van der Waals surface area contributed by atoms with Crippen LogP contribution in [0.25, 0.3) is 22.2 Å². The molecule has 2 heterocycles. The third-order valence-corrected chi connectivity index (χ3v) is 5.79. The number of hydrazine groups is 1. The summed E-state index contributed by atoms with van der Waals surface area (Å²) in [6.45, 7) is 1.82. The number of fused-ring (bicyclic) bond motifs is 1. The molecule has 5 rings (SSSR count). The molecule has 2 aromatic heterocycles. The number of anilines is 1. The van der Waals surface area contributed by atoms with Gasteiger partial charge in [0.25, 0.3) is 0 Å². The number of rotatable bonds is 10. The highest BCUT2D eigenvalue weighted by atomic mass is 16.7. The number of pyridine rings is 1. The average Bonchev–Trinajstić information content (AvgIpc) is 3.00. The zero-order valence-corrected chi connectivity index (χ0v) is 22.1. The van der Waals surface area contributed by atoms with E-state index in [0.717, 1.165) is 22.0 Å². The second kappa shape index (κ2) is 11.9. The maximum absolute atomic E-state index is 12.0. The molecule has 0 aliphatic heterocycles. The lowest BCUT2D eigenvalue weighted by Gasteiger charge is -2.22. The summed E-state index contributed by atoms with van der Waals surface area (Å²) in [5.74, 6) is 1.76. The molecule has 0 unspecified atom stereocenters. The Morgan fingerprint density at radius 3 is 2.30 bits per heavy atom. The molecule has 0 saturated carbocycles. The number of nitrogens with one attached hydrogen (secondary N) is 1. The number of carbonyl (C=O) groups excluding carboxylic acids is 1. The number of hydrogen-bond donors (Lipinski definition) is 1. The van der Waals surface area contributed by atoms with Crippen molar-refractivity contribution in [1.29, 1.82) is 0 Å². The van der Waals surface area contributed by atoms with E-state index >= 15 is 0 Å². The molecule has 202 valence electrons. The lowest BCUT2D eigenvalue weighted by atomic mass is 10.1. The van der Waals surface area contributed by atoms with Gasteiger partial charge in [-0.15, -0.1) is 10.2 Å². The number of nitrogens with zero attached hydrogens (tertiary/aromatic N) is 5. The van der Waals surface area contributed by atoms with Crippen LogP contribution in [0, 0.1) is 0 Å². The normalized spacial score (nSPS) is 10.6. The Labute approximate surface area is 230 Å². The van der Waals surface area contributed by atoms with E-state index in [-0.39, 0.29) is 5.95 Å². The van der Waals surface area contributed by atoms with E-state index in [1.165, 1.54) is 14.0 Å². The first-order valence-corrected chi connectivity index (χ1v) is 12.3. The third-order valence-electron chi connectivity index (χ3n) is 5.79. The highest BCUT2D eigenvalue weighted by molar-refractivity contribution is 5.88. The van der Waals surface area contributed by atoms with Gasteiger partial charge in [-0.25, -0.2) is 10.4 Å². The quantitative estimate of drug-likeness (QED) is 0.254. The molecule has 1 N–H and O–H groups in total. The molecule has 0 aliphatic carbocycles. The van der Waals surface area contributed by atoms with Crippen LogP contribution in [0.1, 0.15) is 12.5 Å². The van der Waals surface area contributed by atoms with Gasteiger partial charge in [0, 0.05) is 36.2 Å². The minimum absolute atomic E-state index is 0.0206. The van der Waals surface area contributed by atoms with E-state index in [9.17, 15) is 4.79 Å². The molecule has 0 radical (unpaired) electrons. The summed E-state index contributed by atoms with van der Waals surface area (Å²) in [6.07, 6.45) is 3.11. The smallest absolute Gasteiger partial charge is 0.301 e. The van der Waals surface area contributed by atoms with Gasteiger partial charge in [-0.2, -0.15) is 0 Å². The topological polar surface area (TPSA) is 121 Å². The highest BCUT2D eigenvalue weighted by Crippen LogP contribution is 2.35. The molecule has 0 atom stereocenters. The summed E-state index contributed by atoms with van der Waals surface area (Å²) < 4.78 is 16.6. The van der Waals surface area contributed by atoms with E-state index in [1.807, 2.05) is 54.6 Å². The van der Waals surface area contributed by atoms with Gasteiger partial charge in [0.05, 0.1) is 25.9 Å². The standard InChI is InChI=1S/C29H26N6O5/c1-19(36)34-35(40-26-13-14-30-24-16-28(38-3)27(37-2)15-23(24)26)29-31-17-25(32-33-29)21-9-11-22(12-10-21)39-18-20-7-5-4-6-8-20/h4-17H,18H2,1-3H3,(H,34,36). The SMILES string of the molecule is COc1cc2nccc(ON(NC(C)=O)c3ncc(-c4ccc(OCc5ccccc5)cc4)nn3)c2cc1OC. The van der Waals surface area contributed by atoms with Gasteiger partial charge in [-0.1, -0.05) is 35.5 Å². The van der Waals surface area contributed by atoms with Crippen LogP contribution in [0.4, 0.5) is 5.95 Å². The first-order valence-electron chi connectivity index (χ1n) is 12.3. The first-order chi connectivity index (χ1) is 19.5. The van der Waals surface area contributed by atoms with Gasteiger partial charge >= 0.3 is 5.95 Å². The van der Waals surface area contributed by atoms with Gasteiger partial charge in [0.15, 0.2) is 17.2 Å². The molecule has 0 fully saturated rings. The Morgan fingerprint density at radius 2 is 1.62 bits per heavy atom. The summed E-state index contributed by atoms with van der Waals surface area (Å²) >= 11 is 0. The zero-order valence-electron chi connectivity index (χ0n) is 22.1. The van der Waals surface area contributed by atoms with Crippen molar-refractivity contribution in [1.82, 2.24) is 25.6 Å². The van der Waals surface area contributed by atoms with Crippen LogP contribution in [0.2, 0.25) is 0 Å². The molecule has 11 heteroatoms. The molecule has 0 saturated heterocycles. The van der Waals surface area contributed by atoms with Gasteiger partial charge in [0.1, 0.15) is 18.1 Å². The Bertz CT molecular complexity index is 1600. The Hall–Kier alpha value is -5.45. The first kappa shape index (κ1) is 26.2. The zero-order chi connectivity index (χ0) is 27.9. The fourth-order valence-electron chi connectivity index (χ4n) is 3.84.